The predicted octanol–water partition coefficient (Wildman–Crippen LogP) is 3.81. The second-order valence-corrected chi connectivity index (χ2v) is 6.52. The summed E-state index contributed by atoms with van der Waals surface area (Å²) in [4.78, 5) is 16.8. The molecule has 0 spiro atoms. The monoisotopic (exact) mass is 350 g/mol. The summed E-state index contributed by atoms with van der Waals surface area (Å²) in [5.41, 5.74) is 2.97. The summed E-state index contributed by atoms with van der Waals surface area (Å²) in [5, 5.41) is 2.97. The van der Waals surface area contributed by atoms with Gasteiger partial charge in [0.1, 0.15) is 11.4 Å². The van der Waals surface area contributed by atoms with Crippen molar-refractivity contribution in [2.45, 2.75) is 12.0 Å². The molecule has 2 aromatic rings. The minimum absolute atomic E-state index is 0. The minimum atomic E-state index is -0.376. The Morgan fingerprint density at radius 3 is 2.85 bits per heavy atom. The average Bonchev–Trinajstić information content (AvgIpc) is 3.43. The molecule has 1 aromatic carbocycles. The summed E-state index contributed by atoms with van der Waals surface area (Å²) in [6, 6.07) is 11.6. The third-order valence-electron chi connectivity index (χ3n) is 5.01. The molecule has 4 rings (SSSR count). The molecule has 1 amide bonds. The van der Waals surface area contributed by atoms with Gasteiger partial charge in [0, 0.05) is 43.7 Å². The first-order valence-corrected chi connectivity index (χ1v) is 8.51. The molecule has 0 saturated heterocycles. The maximum Gasteiger partial charge on any atom is 0.255 e. The first kappa shape index (κ1) is 16.5. The number of benzene rings is 1. The lowest BCUT2D eigenvalue weighted by molar-refractivity contribution is -0.112. The van der Waals surface area contributed by atoms with Crippen LogP contribution in [0.3, 0.4) is 0 Å². The molecule has 2 atom stereocenters. The molecule has 1 heterocycles. The van der Waals surface area contributed by atoms with Gasteiger partial charge in [-0.2, -0.15) is 0 Å². The van der Waals surface area contributed by atoms with E-state index in [1.165, 1.54) is 0 Å². The molecule has 134 valence electrons. The molecule has 2 aliphatic rings. The van der Waals surface area contributed by atoms with Crippen LogP contribution in [0, 0.1) is 5.92 Å². The molecule has 0 aliphatic heterocycles. The number of methoxy groups -OCH3 is 2. The lowest BCUT2D eigenvalue weighted by atomic mass is 10.0. The van der Waals surface area contributed by atoms with Crippen molar-refractivity contribution in [3.8, 4) is 11.1 Å². The van der Waals surface area contributed by atoms with Gasteiger partial charge >= 0.3 is 0 Å². The number of carbonyl (C=O) groups excluding carboxylic acids is 1. The Hall–Kier alpha value is -2.92. The first-order chi connectivity index (χ1) is 12.7. The van der Waals surface area contributed by atoms with Gasteiger partial charge in [-0.25, -0.2) is 0 Å². The molecular weight excluding hydrogens is 328 g/mol. The van der Waals surface area contributed by atoms with Gasteiger partial charge in [0.25, 0.3) is 5.91 Å². The van der Waals surface area contributed by atoms with E-state index in [4.69, 9.17) is 9.47 Å². The highest BCUT2D eigenvalue weighted by atomic mass is 16.5. The van der Waals surface area contributed by atoms with Crippen LogP contribution in [0.1, 0.15) is 7.85 Å². The van der Waals surface area contributed by atoms with Crippen LogP contribution >= 0.6 is 0 Å². The van der Waals surface area contributed by atoms with Crippen molar-refractivity contribution in [3.05, 3.63) is 72.3 Å². The van der Waals surface area contributed by atoms with E-state index < -0.39 is 0 Å². The normalized spacial score (nSPS) is 23.4. The number of fused-ring (bicyclic) bond motifs is 1. The van der Waals surface area contributed by atoms with Crippen LogP contribution < -0.4 is 5.32 Å². The Kier molecular flexibility index (Phi) is 4.09. The van der Waals surface area contributed by atoms with E-state index in [1.54, 1.807) is 32.7 Å². The number of hydrogen-bond donors (Lipinski definition) is 1. The van der Waals surface area contributed by atoms with Crippen LogP contribution in [0.5, 0.6) is 0 Å². The van der Waals surface area contributed by atoms with Gasteiger partial charge in [0.05, 0.1) is 7.11 Å². The number of ether oxygens (including phenoxy) is 2. The summed E-state index contributed by atoms with van der Waals surface area (Å²) < 4.78 is 11.0. The second kappa shape index (κ2) is 6.42. The van der Waals surface area contributed by atoms with Crippen molar-refractivity contribution in [1.29, 1.82) is 0 Å². The Bertz CT molecular complexity index is 911. The van der Waals surface area contributed by atoms with Gasteiger partial charge < -0.3 is 14.8 Å². The zero-order chi connectivity index (χ0) is 18.1. The summed E-state index contributed by atoms with van der Waals surface area (Å²) in [5.74, 6) is 0.746. The Morgan fingerprint density at radius 2 is 2.12 bits per heavy atom. The highest BCUT2D eigenvalue weighted by Gasteiger charge is 2.59. The molecule has 2 aliphatic carbocycles. The lowest BCUT2D eigenvalue weighted by Gasteiger charge is -2.21. The molecule has 2 unspecified atom stereocenters. The number of nitrogens with one attached hydrogen (secondary N) is 1. The van der Waals surface area contributed by atoms with E-state index in [-0.39, 0.29) is 18.9 Å². The number of carbonyl (C=O) groups is 1. The third kappa shape index (κ3) is 2.80. The Labute approximate surface area is 153 Å². The number of aromatic nitrogens is 1. The average molecular weight is 350 g/mol. The van der Waals surface area contributed by atoms with Crippen molar-refractivity contribution in [1.82, 2.24) is 4.98 Å². The fourth-order valence-electron chi connectivity index (χ4n) is 3.49. The molecular formula is C21H22N2O3. The van der Waals surface area contributed by atoms with Crippen LogP contribution in [0.2, 0.25) is 0 Å². The van der Waals surface area contributed by atoms with Gasteiger partial charge in [-0.1, -0.05) is 24.3 Å². The van der Waals surface area contributed by atoms with Crippen molar-refractivity contribution < 1.29 is 15.7 Å². The van der Waals surface area contributed by atoms with Gasteiger partial charge in [0.2, 0.25) is 0 Å². The van der Waals surface area contributed by atoms with E-state index in [0.29, 0.717) is 11.3 Å². The third-order valence-corrected chi connectivity index (χ3v) is 5.01. The van der Waals surface area contributed by atoms with Gasteiger partial charge in [0.15, 0.2) is 0 Å². The maximum absolute atomic E-state index is 12.7. The quantitative estimate of drug-likeness (QED) is 0.891. The lowest BCUT2D eigenvalue weighted by Crippen LogP contribution is -2.24. The second-order valence-electron chi connectivity index (χ2n) is 6.52. The van der Waals surface area contributed by atoms with Gasteiger partial charge in [-0.15, -0.1) is 0 Å². The molecule has 5 heteroatoms. The summed E-state index contributed by atoms with van der Waals surface area (Å²) in [6.45, 7) is 0. The van der Waals surface area contributed by atoms with Crippen LogP contribution in [0.25, 0.3) is 11.1 Å². The molecule has 0 radical (unpaired) electrons. The van der Waals surface area contributed by atoms with Gasteiger partial charge in [-0.05, 0) is 36.3 Å². The van der Waals surface area contributed by atoms with Crippen LogP contribution in [0.15, 0.2) is 72.3 Å². The SMILES string of the molecule is COC1=CC(C(=O)Nc2cccc(-c3cccnc3)c2)=CC2CC12OC.[HH]. The zero-order valence-corrected chi connectivity index (χ0v) is 14.7. The van der Waals surface area contributed by atoms with Gasteiger partial charge in [-0.3, -0.25) is 9.78 Å². The minimum Gasteiger partial charge on any atom is -0.498 e. The van der Waals surface area contributed by atoms with E-state index in [9.17, 15) is 4.79 Å². The summed E-state index contributed by atoms with van der Waals surface area (Å²) >= 11 is 0. The van der Waals surface area contributed by atoms with Crippen LogP contribution in [-0.4, -0.2) is 30.7 Å². The molecule has 1 N–H and O–H groups in total. The number of amides is 1. The number of anilines is 1. The fourth-order valence-corrected chi connectivity index (χ4v) is 3.49. The molecule has 0 bridgehead atoms. The van der Waals surface area contributed by atoms with Crippen molar-refractivity contribution in [2.75, 3.05) is 19.5 Å². The first-order valence-electron chi connectivity index (χ1n) is 8.51. The Balaban J connectivity index is 0.00000210. The Morgan fingerprint density at radius 1 is 1.27 bits per heavy atom. The summed E-state index contributed by atoms with van der Waals surface area (Å²) in [7, 11) is 3.29. The molecule has 1 saturated carbocycles. The molecule has 1 fully saturated rings. The van der Waals surface area contributed by atoms with Crippen LogP contribution in [0.4, 0.5) is 5.69 Å². The highest BCUT2D eigenvalue weighted by molar-refractivity contribution is 6.06. The number of pyridine rings is 1. The van der Waals surface area contributed by atoms with Crippen molar-refractivity contribution in [3.63, 3.8) is 0 Å². The smallest absolute Gasteiger partial charge is 0.255 e. The molecule has 26 heavy (non-hydrogen) atoms. The van der Waals surface area contributed by atoms with Crippen LogP contribution in [-0.2, 0) is 14.3 Å². The number of hydrogen-bond acceptors (Lipinski definition) is 4. The molecule has 1 aromatic heterocycles. The maximum atomic E-state index is 12.7. The van der Waals surface area contributed by atoms with Crippen molar-refractivity contribution in [2.24, 2.45) is 5.92 Å². The van der Waals surface area contributed by atoms with E-state index in [0.717, 1.165) is 23.2 Å². The number of nitrogens with zero attached hydrogens (tertiary/aromatic N) is 1. The largest absolute Gasteiger partial charge is 0.498 e. The predicted molar refractivity (Wildman–Crippen MR) is 101 cm³/mol. The van der Waals surface area contributed by atoms with E-state index >= 15 is 0 Å². The van der Waals surface area contributed by atoms with E-state index in [1.807, 2.05) is 42.5 Å². The highest BCUT2D eigenvalue weighted by Crippen LogP contribution is 2.55. The zero-order valence-electron chi connectivity index (χ0n) is 14.7. The topological polar surface area (TPSA) is 60.5 Å². The van der Waals surface area contributed by atoms with Crippen molar-refractivity contribution >= 4 is 11.6 Å². The standard InChI is InChI=1S/C21H20N2O3.H2/c1-25-19-11-16(9-17-12-21(17,19)26-2)20(24)23-18-7-3-5-14(10-18)15-6-4-8-22-13-15;/h3-11,13,17H,12H2,1-2H3,(H,23,24);1H. The van der Waals surface area contributed by atoms with E-state index in [2.05, 4.69) is 10.3 Å². The fraction of sp³-hybridized carbons (Fsp3) is 0.238. The molecule has 5 nitrogen and oxygen atoms in total. The number of rotatable bonds is 5. The summed E-state index contributed by atoms with van der Waals surface area (Å²) in [6.07, 6.45) is 8.12.